The summed E-state index contributed by atoms with van der Waals surface area (Å²) in [6.45, 7) is 4.77. The van der Waals surface area contributed by atoms with Crippen molar-refractivity contribution >= 4 is 5.82 Å². The first-order valence-electron chi connectivity index (χ1n) is 5.31. The Hall–Kier alpha value is -1.54. The highest BCUT2D eigenvalue weighted by Crippen LogP contribution is 2.17. The van der Waals surface area contributed by atoms with Crippen molar-refractivity contribution in [2.24, 2.45) is 7.05 Å². The van der Waals surface area contributed by atoms with Crippen LogP contribution in [-0.2, 0) is 7.05 Å². The largest absolute Gasteiger partial charge is 0.368 e. The van der Waals surface area contributed by atoms with E-state index < -0.39 is 0 Å². The van der Waals surface area contributed by atoms with Gasteiger partial charge in [-0.05, 0) is 27.9 Å². The Morgan fingerprint density at radius 1 is 1.56 bits per heavy atom. The number of likely N-dealkylation sites (N-methyl/N-ethyl adjacent to an activating group) is 1. The van der Waals surface area contributed by atoms with E-state index in [0.29, 0.717) is 11.6 Å². The van der Waals surface area contributed by atoms with Crippen LogP contribution in [0.4, 0.5) is 5.82 Å². The average Bonchev–Trinajstić information content (AvgIpc) is 2.48. The third-order valence-electron chi connectivity index (χ3n) is 2.78. The fourth-order valence-corrected chi connectivity index (χ4v) is 1.42. The number of nitrogens with zero attached hydrogens (tertiary/aromatic N) is 4. The Morgan fingerprint density at radius 3 is 2.69 bits per heavy atom. The molecule has 16 heavy (non-hydrogen) atoms. The maximum atomic E-state index is 9.03. The van der Waals surface area contributed by atoms with Gasteiger partial charge in [-0.2, -0.15) is 10.4 Å². The number of hydrogen-bond donors (Lipinski definition) is 1. The standard InChI is InChI=1S/C11H19N5/c1-8(15(3)4)7-13-11-10(6-12)9(2)14-16(11)5/h8,13H,7H2,1-5H3. The van der Waals surface area contributed by atoms with Crippen LogP contribution >= 0.6 is 0 Å². The molecule has 1 aromatic rings. The summed E-state index contributed by atoms with van der Waals surface area (Å²) in [4.78, 5) is 2.13. The van der Waals surface area contributed by atoms with Gasteiger partial charge >= 0.3 is 0 Å². The predicted molar refractivity (Wildman–Crippen MR) is 64.3 cm³/mol. The van der Waals surface area contributed by atoms with Gasteiger partial charge in [-0.15, -0.1) is 0 Å². The first kappa shape index (κ1) is 12.5. The van der Waals surface area contributed by atoms with Gasteiger partial charge in [0, 0.05) is 19.6 Å². The lowest BCUT2D eigenvalue weighted by Gasteiger charge is -2.20. The zero-order valence-electron chi connectivity index (χ0n) is 10.6. The van der Waals surface area contributed by atoms with Crippen molar-refractivity contribution < 1.29 is 0 Å². The molecule has 0 aliphatic carbocycles. The van der Waals surface area contributed by atoms with E-state index in [1.165, 1.54) is 0 Å². The van der Waals surface area contributed by atoms with Crippen molar-refractivity contribution in [1.29, 1.82) is 5.26 Å². The van der Waals surface area contributed by atoms with Crippen molar-refractivity contribution in [3.8, 4) is 6.07 Å². The van der Waals surface area contributed by atoms with Crippen molar-refractivity contribution in [3.05, 3.63) is 11.3 Å². The highest BCUT2D eigenvalue weighted by atomic mass is 15.3. The maximum Gasteiger partial charge on any atom is 0.142 e. The van der Waals surface area contributed by atoms with Gasteiger partial charge in [0.1, 0.15) is 17.5 Å². The molecule has 1 atom stereocenters. The van der Waals surface area contributed by atoms with Gasteiger partial charge in [0.25, 0.3) is 0 Å². The van der Waals surface area contributed by atoms with Gasteiger partial charge in [-0.3, -0.25) is 4.68 Å². The van der Waals surface area contributed by atoms with Gasteiger partial charge in [-0.1, -0.05) is 0 Å². The summed E-state index contributed by atoms with van der Waals surface area (Å²) >= 11 is 0. The molecular formula is C11H19N5. The minimum atomic E-state index is 0.404. The van der Waals surface area contributed by atoms with E-state index >= 15 is 0 Å². The Kier molecular flexibility index (Phi) is 3.91. The van der Waals surface area contributed by atoms with Crippen molar-refractivity contribution in [2.75, 3.05) is 26.0 Å². The Bertz CT molecular complexity index is 399. The summed E-state index contributed by atoms with van der Waals surface area (Å²) in [5.41, 5.74) is 1.40. The van der Waals surface area contributed by atoms with Crippen molar-refractivity contribution in [2.45, 2.75) is 19.9 Å². The van der Waals surface area contributed by atoms with Crippen LogP contribution in [0.3, 0.4) is 0 Å². The second kappa shape index (κ2) is 4.99. The monoisotopic (exact) mass is 221 g/mol. The molecule has 0 saturated carbocycles. The third kappa shape index (κ3) is 2.52. The Morgan fingerprint density at radius 2 is 2.19 bits per heavy atom. The predicted octanol–water partition coefficient (Wildman–Crippen LogP) is 0.962. The average molecular weight is 221 g/mol. The number of aromatic nitrogens is 2. The molecule has 1 N–H and O–H groups in total. The fraction of sp³-hybridized carbons (Fsp3) is 0.636. The number of rotatable bonds is 4. The van der Waals surface area contributed by atoms with Gasteiger partial charge in [0.15, 0.2) is 0 Å². The van der Waals surface area contributed by atoms with E-state index in [1.807, 2.05) is 28.1 Å². The molecule has 88 valence electrons. The summed E-state index contributed by atoms with van der Waals surface area (Å²) in [6, 6.07) is 2.58. The Labute approximate surface area is 96.7 Å². The van der Waals surface area contributed by atoms with Crippen LogP contribution in [0.1, 0.15) is 18.2 Å². The van der Waals surface area contributed by atoms with Gasteiger partial charge in [-0.25, -0.2) is 0 Å². The highest BCUT2D eigenvalue weighted by molar-refractivity contribution is 5.55. The van der Waals surface area contributed by atoms with Crippen LogP contribution in [-0.4, -0.2) is 41.4 Å². The van der Waals surface area contributed by atoms with E-state index in [4.69, 9.17) is 5.26 Å². The molecule has 0 fully saturated rings. The molecule has 1 rings (SSSR count). The summed E-state index contributed by atoms with van der Waals surface area (Å²) in [6.07, 6.45) is 0. The second-order valence-corrected chi connectivity index (χ2v) is 4.24. The normalized spacial score (nSPS) is 12.6. The number of nitriles is 1. The van der Waals surface area contributed by atoms with Gasteiger partial charge in [0.2, 0.25) is 0 Å². The molecule has 5 nitrogen and oxygen atoms in total. The molecule has 0 saturated heterocycles. The molecular weight excluding hydrogens is 202 g/mol. The molecule has 0 aromatic carbocycles. The van der Waals surface area contributed by atoms with Gasteiger partial charge < -0.3 is 10.2 Å². The lowest BCUT2D eigenvalue weighted by molar-refractivity contribution is 0.325. The van der Waals surface area contributed by atoms with E-state index in [0.717, 1.165) is 18.1 Å². The molecule has 0 bridgehead atoms. The molecule has 0 spiro atoms. The Balaban J connectivity index is 2.78. The smallest absolute Gasteiger partial charge is 0.142 e. The van der Waals surface area contributed by atoms with E-state index in [2.05, 4.69) is 28.3 Å². The molecule has 1 heterocycles. The van der Waals surface area contributed by atoms with Crippen LogP contribution in [0.2, 0.25) is 0 Å². The number of anilines is 1. The van der Waals surface area contributed by atoms with E-state index in [9.17, 15) is 0 Å². The summed E-state index contributed by atoms with van der Waals surface area (Å²) in [5.74, 6) is 0.800. The van der Waals surface area contributed by atoms with Crippen LogP contribution in [0, 0.1) is 18.3 Å². The summed E-state index contributed by atoms with van der Waals surface area (Å²) < 4.78 is 1.72. The molecule has 0 amide bonds. The fourth-order valence-electron chi connectivity index (χ4n) is 1.42. The molecule has 0 aliphatic rings. The lowest BCUT2D eigenvalue weighted by Crippen LogP contribution is -2.32. The minimum Gasteiger partial charge on any atom is -0.368 e. The van der Waals surface area contributed by atoms with Crippen LogP contribution in [0.15, 0.2) is 0 Å². The first-order valence-corrected chi connectivity index (χ1v) is 5.31. The first-order chi connectivity index (χ1) is 7.47. The van der Waals surface area contributed by atoms with E-state index in [1.54, 1.807) is 4.68 Å². The van der Waals surface area contributed by atoms with Crippen molar-refractivity contribution in [3.63, 3.8) is 0 Å². The lowest BCUT2D eigenvalue weighted by atomic mass is 10.2. The summed E-state index contributed by atoms with van der Waals surface area (Å²) in [5, 5.41) is 16.5. The molecule has 1 unspecified atom stereocenters. The number of nitrogens with one attached hydrogen (secondary N) is 1. The number of aryl methyl sites for hydroxylation is 2. The third-order valence-corrected chi connectivity index (χ3v) is 2.78. The molecule has 5 heteroatoms. The molecule has 0 radical (unpaired) electrons. The van der Waals surface area contributed by atoms with Crippen LogP contribution < -0.4 is 5.32 Å². The highest BCUT2D eigenvalue weighted by Gasteiger charge is 2.13. The maximum absolute atomic E-state index is 9.03. The van der Waals surface area contributed by atoms with E-state index in [-0.39, 0.29) is 0 Å². The topological polar surface area (TPSA) is 56.9 Å². The quantitative estimate of drug-likeness (QED) is 0.823. The molecule has 0 aliphatic heterocycles. The zero-order valence-corrected chi connectivity index (χ0v) is 10.6. The van der Waals surface area contributed by atoms with Crippen LogP contribution in [0.5, 0.6) is 0 Å². The second-order valence-electron chi connectivity index (χ2n) is 4.24. The summed E-state index contributed by atoms with van der Waals surface area (Å²) in [7, 11) is 5.91. The SMILES string of the molecule is Cc1nn(C)c(NCC(C)N(C)C)c1C#N. The van der Waals surface area contributed by atoms with Crippen molar-refractivity contribution in [1.82, 2.24) is 14.7 Å². The van der Waals surface area contributed by atoms with Gasteiger partial charge in [0.05, 0.1) is 5.69 Å². The zero-order chi connectivity index (χ0) is 12.3. The number of hydrogen-bond acceptors (Lipinski definition) is 4. The van der Waals surface area contributed by atoms with Crippen LogP contribution in [0.25, 0.3) is 0 Å². The minimum absolute atomic E-state index is 0.404. The molecule has 1 aromatic heterocycles.